The molecule has 0 spiro atoms. The van der Waals surface area contributed by atoms with Crippen molar-refractivity contribution in [3.8, 4) is 0 Å². The van der Waals surface area contributed by atoms with Crippen molar-refractivity contribution in [2.24, 2.45) is 0 Å². The molecule has 0 aromatic heterocycles. The highest BCUT2D eigenvalue weighted by molar-refractivity contribution is 5.88. The van der Waals surface area contributed by atoms with Gasteiger partial charge in [0.1, 0.15) is 0 Å². The lowest BCUT2D eigenvalue weighted by Gasteiger charge is -2.30. The van der Waals surface area contributed by atoms with Gasteiger partial charge in [-0.2, -0.15) is 0 Å². The van der Waals surface area contributed by atoms with Gasteiger partial charge in [0.15, 0.2) is 0 Å². The first-order valence-corrected chi connectivity index (χ1v) is 7.87. The third-order valence-corrected chi connectivity index (χ3v) is 4.58. The number of carbonyl (C=O) groups is 2. The zero-order valence-electron chi connectivity index (χ0n) is 13.6. The third-order valence-electron chi connectivity index (χ3n) is 4.58. The summed E-state index contributed by atoms with van der Waals surface area (Å²) < 4.78 is 0. The largest absolute Gasteiger partial charge is 0.478 e. The van der Waals surface area contributed by atoms with Crippen LogP contribution in [0.25, 0.3) is 0 Å². The molecular formula is C17H24N2O4. The van der Waals surface area contributed by atoms with Crippen LogP contribution in [0.3, 0.4) is 0 Å². The lowest BCUT2D eigenvalue weighted by Crippen LogP contribution is -2.45. The molecule has 6 heteroatoms. The minimum Gasteiger partial charge on any atom is -0.478 e. The van der Waals surface area contributed by atoms with E-state index in [2.05, 4.69) is 4.90 Å². The van der Waals surface area contributed by atoms with Gasteiger partial charge in [0.2, 0.25) is 5.91 Å². The number of hydrogen-bond donors (Lipinski definition) is 2. The summed E-state index contributed by atoms with van der Waals surface area (Å²) >= 11 is 0. The van der Waals surface area contributed by atoms with Crippen molar-refractivity contribution in [1.29, 1.82) is 0 Å². The number of hydrogen-bond acceptors (Lipinski definition) is 4. The number of aromatic carboxylic acids is 1. The van der Waals surface area contributed by atoms with Gasteiger partial charge in [-0.15, -0.1) is 0 Å². The van der Waals surface area contributed by atoms with E-state index in [9.17, 15) is 9.59 Å². The smallest absolute Gasteiger partial charge is 0.335 e. The molecule has 0 saturated carbocycles. The maximum absolute atomic E-state index is 12.5. The van der Waals surface area contributed by atoms with Crippen LogP contribution in [0, 0.1) is 0 Å². The Morgan fingerprint density at radius 3 is 2.78 bits per heavy atom. The lowest BCUT2D eigenvalue weighted by atomic mass is 10.1. The predicted octanol–water partition coefficient (Wildman–Crippen LogP) is 0.841. The van der Waals surface area contributed by atoms with Crippen LogP contribution >= 0.6 is 0 Å². The molecule has 1 fully saturated rings. The third kappa shape index (κ3) is 4.09. The highest BCUT2D eigenvalue weighted by atomic mass is 16.4. The number of amides is 1. The Morgan fingerprint density at radius 1 is 1.39 bits per heavy atom. The fourth-order valence-electron chi connectivity index (χ4n) is 3.28. The van der Waals surface area contributed by atoms with Gasteiger partial charge >= 0.3 is 5.97 Å². The molecular weight excluding hydrogens is 296 g/mol. The minimum absolute atomic E-state index is 0.0138. The summed E-state index contributed by atoms with van der Waals surface area (Å²) in [7, 11) is 1.96. The van der Waals surface area contributed by atoms with Crippen LogP contribution in [0.4, 0.5) is 0 Å². The molecule has 1 aliphatic heterocycles. The maximum atomic E-state index is 12.5. The van der Waals surface area contributed by atoms with E-state index in [1.54, 1.807) is 18.2 Å². The average Bonchev–Trinajstić information content (AvgIpc) is 2.89. The predicted molar refractivity (Wildman–Crippen MR) is 86.4 cm³/mol. The second-order valence-electron chi connectivity index (χ2n) is 6.07. The Labute approximate surface area is 136 Å². The van der Waals surface area contributed by atoms with Gasteiger partial charge in [-0.1, -0.05) is 12.1 Å². The number of rotatable bonds is 6. The number of carboxylic acids is 1. The van der Waals surface area contributed by atoms with Gasteiger partial charge in [0, 0.05) is 25.2 Å². The van der Waals surface area contributed by atoms with Crippen molar-refractivity contribution in [1.82, 2.24) is 9.80 Å². The molecule has 0 unspecified atom stereocenters. The molecule has 1 amide bonds. The number of aliphatic hydroxyl groups excluding tert-OH is 1. The molecule has 2 N–H and O–H groups in total. The fraction of sp³-hybridized carbons (Fsp3) is 0.529. The Kier molecular flexibility index (Phi) is 5.74. The summed E-state index contributed by atoms with van der Waals surface area (Å²) in [6.07, 6.45) is 1.10. The van der Waals surface area contributed by atoms with E-state index in [-0.39, 0.29) is 36.6 Å². The number of likely N-dealkylation sites (N-methyl/N-ethyl adjacent to an activating group) is 1. The van der Waals surface area contributed by atoms with E-state index in [4.69, 9.17) is 10.2 Å². The number of carboxylic acid groups (broad SMARTS) is 1. The zero-order valence-corrected chi connectivity index (χ0v) is 13.6. The number of nitrogens with zero attached hydrogens (tertiary/aromatic N) is 2. The highest BCUT2D eigenvalue weighted by Crippen LogP contribution is 2.23. The van der Waals surface area contributed by atoms with Gasteiger partial charge in [0.25, 0.3) is 0 Å². The van der Waals surface area contributed by atoms with Gasteiger partial charge in [-0.25, -0.2) is 4.79 Å². The van der Waals surface area contributed by atoms with Crippen LogP contribution in [0.5, 0.6) is 0 Å². The van der Waals surface area contributed by atoms with Crippen LogP contribution in [0.2, 0.25) is 0 Å². The van der Waals surface area contributed by atoms with Crippen LogP contribution in [-0.2, 0) is 11.2 Å². The van der Waals surface area contributed by atoms with Crippen molar-refractivity contribution in [3.63, 3.8) is 0 Å². The van der Waals surface area contributed by atoms with Crippen LogP contribution in [0.1, 0.15) is 29.3 Å². The minimum atomic E-state index is -0.987. The summed E-state index contributed by atoms with van der Waals surface area (Å²) in [6, 6.07) is 6.85. The molecule has 1 aromatic carbocycles. The molecule has 23 heavy (non-hydrogen) atoms. The highest BCUT2D eigenvalue weighted by Gasteiger charge is 2.35. The summed E-state index contributed by atoms with van der Waals surface area (Å²) in [5.74, 6) is -0.973. The van der Waals surface area contributed by atoms with Gasteiger partial charge in [0.05, 0.1) is 18.6 Å². The Morgan fingerprint density at radius 2 is 2.13 bits per heavy atom. The Hall–Kier alpha value is -1.92. The summed E-state index contributed by atoms with van der Waals surface area (Å²) in [6.45, 7) is 3.42. The van der Waals surface area contributed by atoms with E-state index >= 15 is 0 Å². The molecule has 1 saturated heterocycles. The number of aliphatic hydroxyl groups is 1. The normalized spacial score (nSPS) is 21.0. The molecule has 2 atom stereocenters. The lowest BCUT2D eigenvalue weighted by molar-refractivity contribution is -0.131. The van der Waals surface area contributed by atoms with Crippen molar-refractivity contribution in [2.75, 3.05) is 26.7 Å². The molecule has 0 radical (unpaired) electrons. The van der Waals surface area contributed by atoms with Gasteiger partial charge < -0.3 is 15.1 Å². The van der Waals surface area contributed by atoms with Crippen molar-refractivity contribution in [2.45, 2.75) is 31.8 Å². The molecule has 0 bridgehead atoms. The topological polar surface area (TPSA) is 81.1 Å². The number of benzene rings is 1. The van der Waals surface area contributed by atoms with Crippen LogP contribution in [-0.4, -0.2) is 70.7 Å². The first-order valence-electron chi connectivity index (χ1n) is 7.87. The molecule has 1 aromatic rings. The number of carbonyl (C=O) groups excluding carboxylic acids is 1. The molecule has 2 rings (SSSR count). The van der Waals surface area contributed by atoms with E-state index in [0.717, 1.165) is 6.42 Å². The standard InChI is InChI=1S/C17H24N2O4/c1-12-15(18(2)8-9-20)6-7-19(12)16(21)11-13-4-3-5-14(10-13)17(22)23/h3-5,10,12,15,20H,6-9,11H2,1-2H3,(H,22,23)/t12-,15-/m1/s1. The van der Waals surface area contributed by atoms with E-state index in [1.807, 2.05) is 18.9 Å². The first-order chi connectivity index (χ1) is 10.9. The van der Waals surface area contributed by atoms with E-state index < -0.39 is 5.97 Å². The van der Waals surface area contributed by atoms with Crippen molar-refractivity contribution in [3.05, 3.63) is 35.4 Å². The van der Waals surface area contributed by atoms with E-state index in [1.165, 1.54) is 6.07 Å². The Balaban J connectivity index is 2.01. The average molecular weight is 320 g/mol. The van der Waals surface area contributed by atoms with E-state index in [0.29, 0.717) is 18.7 Å². The maximum Gasteiger partial charge on any atom is 0.335 e. The molecule has 126 valence electrons. The summed E-state index contributed by atoms with van der Waals surface area (Å²) in [4.78, 5) is 27.5. The Bertz CT molecular complexity index is 575. The number of likely N-dealkylation sites (tertiary alicyclic amines) is 1. The quantitative estimate of drug-likeness (QED) is 0.812. The van der Waals surface area contributed by atoms with Crippen LogP contribution in [0.15, 0.2) is 24.3 Å². The molecule has 1 aliphatic rings. The summed E-state index contributed by atoms with van der Waals surface area (Å²) in [5, 5.41) is 18.1. The SMILES string of the molecule is C[C@@H]1[C@H](N(C)CCO)CCN1C(=O)Cc1cccc(C(=O)O)c1. The fourth-order valence-corrected chi connectivity index (χ4v) is 3.28. The van der Waals surface area contributed by atoms with Crippen LogP contribution < -0.4 is 0 Å². The first kappa shape index (κ1) is 17.4. The van der Waals surface area contributed by atoms with Gasteiger partial charge in [-0.3, -0.25) is 9.69 Å². The monoisotopic (exact) mass is 320 g/mol. The molecule has 6 nitrogen and oxygen atoms in total. The van der Waals surface area contributed by atoms with Gasteiger partial charge in [-0.05, 0) is 38.1 Å². The molecule has 1 heterocycles. The molecule has 0 aliphatic carbocycles. The summed E-state index contributed by atoms with van der Waals surface area (Å²) in [5.41, 5.74) is 0.916. The van der Waals surface area contributed by atoms with Crippen molar-refractivity contribution < 1.29 is 19.8 Å². The second-order valence-corrected chi connectivity index (χ2v) is 6.07. The van der Waals surface area contributed by atoms with Crippen molar-refractivity contribution >= 4 is 11.9 Å². The zero-order chi connectivity index (χ0) is 17.0. The second kappa shape index (κ2) is 7.57.